The normalized spacial score (nSPS) is 10.1. The summed E-state index contributed by atoms with van der Waals surface area (Å²) in [4.78, 5) is 4.04. The fraction of sp³-hybridized carbons (Fsp3) is 0.100. The molecule has 2 aromatic heterocycles. The maximum absolute atomic E-state index is 5.48. The molecule has 3 nitrogen and oxygen atoms in total. The highest BCUT2D eigenvalue weighted by molar-refractivity contribution is 9.10. The van der Waals surface area contributed by atoms with Gasteiger partial charge in [-0.2, -0.15) is 0 Å². The zero-order chi connectivity index (χ0) is 9.80. The van der Waals surface area contributed by atoms with E-state index in [1.165, 1.54) is 0 Å². The van der Waals surface area contributed by atoms with Gasteiger partial charge in [0.2, 0.25) is 0 Å². The second-order valence-electron chi connectivity index (χ2n) is 2.66. The van der Waals surface area contributed by atoms with Crippen LogP contribution in [0, 0.1) is 0 Å². The number of hydrogen-bond acceptors (Lipinski definition) is 3. The predicted octanol–water partition coefficient (Wildman–Crippen LogP) is 3.02. The minimum absolute atomic E-state index is 0.414. The highest BCUT2D eigenvalue weighted by atomic mass is 79.9. The van der Waals surface area contributed by atoms with Gasteiger partial charge < -0.3 is 9.15 Å². The Morgan fingerprint density at radius 3 is 3.00 bits per heavy atom. The van der Waals surface area contributed by atoms with E-state index >= 15 is 0 Å². The first-order valence-electron chi connectivity index (χ1n) is 4.12. The number of ether oxygens (including phenoxy) is 1. The quantitative estimate of drug-likeness (QED) is 0.789. The van der Waals surface area contributed by atoms with Crippen LogP contribution in [0.15, 0.2) is 45.7 Å². The Morgan fingerprint density at radius 2 is 2.29 bits per heavy atom. The van der Waals surface area contributed by atoms with E-state index in [-0.39, 0.29) is 0 Å². The average molecular weight is 254 g/mol. The van der Waals surface area contributed by atoms with Crippen LogP contribution in [0.25, 0.3) is 0 Å². The molecule has 0 N–H and O–H groups in total. The molecule has 0 aliphatic rings. The largest absolute Gasteiger partial charge is 0.483 e. The van der Waals surface area contributed by atoms with Crippen LogP contribution in [0.2, 0.25) is 0 Å². The summed E-state index contributed by atoms with van der Waals surface area (Å²) in [7, 11) is 0. The van der Waals surface area contributed by atoms with Gasteiger partial charge in [0.1, 0.15) is 17.0 Å². The Hall–Kier alpha value is -1.29. The summed E-state index contributed by atoms with van der Waals surface area (Å²) >= 11 is 3.29. The van der Waals surface area contributed by atoms with Gasteiger partial charge >= 0.3 is 0 Å². The third-order valence-electron chi connectivity index (χ3n) is 1.67. The maximum Gasteiger partial charge on any atom is 0.152 e. The second kappa shape index (κ2) is 4.28. The lowest BCUT2D eigenvalue weighted by atomic mass is 10.4. The number of pyridine rings is 1. The van der Waals surface area contributed by atoms with Gasteiger partial charge in [0.05, 0.1) is 6.26 Å². The lowest BCUT2D eigenvalue weighted by Crippen LogP contribution is -1.94. The number of nitrogens with zero attached hydrogens (tertiary/aromatic N) is 1. The Morgan fingerprint density at radius 1 is 1.36 bits per heavy atom. The molecule has 2 aromatic rings. The van der Waals surface area contributed by atoms with Gasteiger partial charge in [0.15, 0.2) is 5.75 Å². The zero-order valence-corrected chi connectivity index (χ0v) is 8.90. The average Bonchev–Trinajstić information content (AvgIpc) is 2.69. The molecule has 0 aliphatic heterocycles. The van der Waals surface area contributed by atoms with Gasteiger partial charge in [0.25, 0.3) is 0 Å². The van der Waals surface area contributed by atoms with Crippen LogP contribution >= 0.6 is 15.9 Å². The van der Waals surface area contributed by atoms with Gasteiger partial charge in [-0.3, -0.25) is 0 Å². The summed E-state index contributed by atoms with van der Waals surface area (Å²) in [5.74, 6) is 1.50. The van der Waals surface area contributed by atoms with Crippen LogP contribution in [0.4, 0.5) is 0 Å². The van der Waals surface area contributed by atoms with E-state index in [4.69, 9.17) is 9.15 Å². The summed E-state index contributed by atoms with van der Waals surface area (Å²) in [5.41, 5.74) is 0. The fourth-order valence-corrected chi connectivity index (χ4v) is 1.39. The number of aromatic nitrogens is 1. The van der Waals surface area contributed by atoms with Crippen LogP contribution in [-0.2, 0) is 6.61 Å². The molecule has 2 rings (SSSR count). The molecule has 0 fully saturated rings. The van der Waals surface area contributed by atoms with Crippen LogP contribution in [-0.4, -0.2) is 4.98 Å². The Balaban J connectivity index is 2.02. The molecule has 0 radical (unpaired) electrons. The SMILES string of the molecule is Brc1ncccc1OCc1ccco1. The Labute approximate surface area is 89.8 Å². The Bertz CT molecular complexity index is 400. The molecular formula is C10H8BrNO2. The van der Waals surface area contributed by atoms with Crippen molar-refractivity contribution in [1.29, 1.82) is 0 Å². The van der Waals surface area contributed by atoms with Crippen LogP contribution in [0.5, 0.6) is 5.75 Å². The van der Waals surface area contributed by atoms with Gasteiger partial charge in [0, 0.05) is 6.20 Å². The van der Waals surface area contributed by atoms with Crippen molar-refractivity contribution in [3.8, 4) is 5.75 Å². The van der Waals surface area contributed by atoms with E-state index in [1.807, 2.05) is 24.3 Å². The summed E-state index contributed by atoms with van der Waals surface area (Å²) in [6.45, 7) is 0.414. The lowest BCUT2D eigenvalue weighted by molar-refractivity contribution is 0.267. The van der Waals surface area contributed by atoms with Gasteiger partial charge in [-0.15, -0.1) is 0 Å². The molecule has 0 unspecified atom stereocenters. The van der Waals surface area contributed by atoms with E-state index in [9.17, 15) is 0 Å². The summed E-state index contributed by atoms with van der Waals surface area (Å²) < 4.78 is 11.3. The summed E-state index contributed by atoms with van der Waals surface area (Å²) in [6.07, 6.45) is 3.32. The monoisotopic (exact) mass is 253 g/mol. The second-order valence-corrected chi connectivity index (χ2v) is 3.41. The topological polar surface area (TPSA) is 35.3 Å². The first-order chi connectivity index (χ1) is 6.86. The summed E-state index contributed by atoms with van der Waals surface area (Å²) in [6, 6.07) is 7.36. The molecule has 0 atom stereocenters. The van der Waals surface area contributed by atoms with Crippen LogP contribution in [0.3, 0.4) is 0 Å². The van der Waals surface area contributed by atoms with E-state index in [1.54, 1.807) is 12.5 Å². The molecular weight excluding hydrogens is 246 g/mol. The first kappa shape index (κ1) is 9.27. The van der Waals surface area contributed by atoms with E-state index in [0.29, 0.717) is 17.0 Å². The molecule has 72 valence electrons. The highest BCUT2D eigenvalue weighted by Crippen LogP contribution is 2.22. The summed E-state index contributed by atoms with van der Waals surface area (Å²) in [5, 5.41) is 0. The molecule has 0 spiro atoms. The van der Waals surface area contributed by atoms with E-state index in [0.717, 1.165) is 5.76 Å². The lowest BCUT2D eigenvalue weighted by Gasteiger charge is -2.04. The molecule has 0 saturated heterocycles. The van der Waals surface area contributed by atoms with Crippen molar-refractivity contribution in [2.24, 2.45) is 0 Å². The first-order valence-corrected chi connectivity index (χ1v) is 4.91. The third kappa shape index (κ3) is 2.14. The van der Waals surface area contributed by atoms with E-state index in [2.05, 4.69) is 20.9 Å². The molecule has 0 bridgehead atoms. The molecule has 0 aromatic carbocycles. The van der Waals surface area contributed by atoms with Crippen LogP contribution in [0.1, 0.15) is 5.76 Å². The molecule has 4 heteroatoms. The molecule has 0 saturated carbocycles. The van der Waals surface area contributed by atoms with Crippen LogP contribution < -0.4 is 4.74 Å². The van der Waals surface area contributed by atoms with Gasteiger partial charge in [-0.25, -0.2) is 4.98 Å². The molecule has 14 heavy (non-hydrogen) atoms. The van der Waals surface area contributed by atoms with Crippen molar-refractivity contribution < 1.29 is 9.15 Å². The highest BCUT2D eigenvalue weighted by Gasteiger charge is 2.01. The third-order valence-corrected chi connectivity index (χ3v) is 2.27. The van der Waals surface area contributed by atoms with Crippen molar-refractivity contribution in [1.82, 2.24) is 4.98 Å². The molecule has 0 amide bonds. The van der Waals surface area contributed by atoms with Crippen molar-refractivity contribution in [2.45, 2.75) is 6.61 Å². The maximum atomic E-state index is 5.48. The minimum Gasteiger partial charge on any atom is -0.483 e. The van der Waals surface area contributed by atoms with Crippen molar-refractivity contribution >= 4 is 15.9 Å². The van der Waals surface area contributed by atoms with E-state index < -0.39 is 0 Å². The van der Waals surface area contributed by atoms with Gasteiger partial charge in [-0.05, 0) is 40.2 Å². The number of furan rings is 1. The molecule has 0 aliphatic carbocycles. The zero-order valence-electron chi connectivity index (χ0n) is 7.31. The van der Waals surface area contributed by atoms with Crippen molar-refractivity contribution in [2.75, 3.05) is 0 Å². The smallest absolute Gasteiger partial charge is 0.152 e. The molecule has 2 heterocycles. The van der Waals surface area contributed by atoms with Gasteiger partial charge in [-0.1, -0.05) is 0 Å². The minimum atomic E-state index is 0.414. The van der Waals surface area contributed by atoms with Crippen molar-refractivity contribution in [3.05, 3.63) is 47.1 Å². The number of hydrogen-bond donors (Lipinski definition) is 0. The number of rotatable bonds is 3. The standard InChI is InChI=1S/C10H8BrNO2/c11-10-9(4-1-5-12-10)14-7-8-3-2-6-13-8/h1-6H,7H2. The predicted molar refractivity (Wildman–Crippen MR) is 55.0 cm³/mol. The fourth-order valence-electron chi connectivity index (χ4n) is 1.02. The van der Waals surface area contributed by atoms with Crippen molar-refractivity contribution in [3.63, 3.8) is 0 Å². The Kier molecular flexibility index (Phi) is 2.84. The number of halogens is 1.